The molecule has 136 valence electrons. The Morgan fingerprint density at radius 2 is 1.50 bits per heavy atom. The first-order valence-corrected chi connectivity index (χ1v) is 13.7. The number of benzene rings is 1. The fourth-order valence-corrected chi connectivity index (χ4v) is 5.09. The second-order valence-electron chi connectivity index (χ2n) is 8.13. The highest BCUT2D eigenvalue weighted by atomic mass is 32.2. The monoisotopic (exact) mass is 368 g/mol. The number of rotatable bonds is 6. The summed E-state index contributed by atoms with van der Waals surface area (Å²) in [5, 5.41) is 0. The van der Waals surface area contributed by atoms with E-state index >= 15 is 0 Å². The lowest BCUT2D eigenvalue weighted by Crippen LogP contribution is -2.45. The first-order chi connectivity index (χ1) is 10.8. The zero-order valence-corrected chi connectivity index (χ0v) is 18.1. The van der Waals surface area contributed by atoms with Crippen molar-refractivity contribution < 1.29 is 8.42 Å². The smallest absolute Gasteiger partial charge is 0.283 e. The topological polar surface area (TPSA) is 49.7 Å². The first kappa shape index (κ1) is 20.9. The summed E-state index contributed by atoms with van der Waals surface area (Å²) >= 11 is 0. The molecule has 0 unspecified atom stereocenters. The minimum Gasteiger partial charge on any atom is -0.355 e. The van der Waals surface area contributed by atoms with Crippen LogP contribution in [0.1, 0.15) is 33.3 Å². The fraction of sp³-hybridized carbons (Fsp3) is 0.611. The molecule has 0 aliphatic carbocycles. The summed E-state index contributed by atoms with van der Waals surface area (Å²) in [6, 6.07) is 8.03. The van der Waals surface area contributed by atoms with Crippen LogP contribution < -0.4 is 0 Å². The predicted molar refractivity (Wildman–Crippen MR) is 106 cm³/mol. The first-order valence-electron chi connectivity index (χ1n) is 8.52. The maximum Gasteiger partial charge on any atom is 0.283 e. The van der Waals surface area contributed by atoms with E-state index in [4.69, 9.17) is 0 Å². The van der Waals surface area contributed by atoms with Crippen LogP contribution in [-0.4, -0.2) is 39.3 Å². The maximum absolute atomic E-state index is 12.8. The van der Waals surface area contributed by atoms with Crippen molar-refractivity contribution in [2.75, 3.05) is 0 Å². The number of hydrogen-bond donors (Lipinski definition) is 0. The zero-order valence-electron chi connectivity index (χ0n) is 16.3. The molecule has 24 heavy (non-hydrogen) atoms. The lowest BCUT2D eigenvalue weighted by Gasteiger charge is -2.35. The van der Waals surface area contributed by atoms with E-state index in [1.807, 2.05) is 19.1 Å². The Hall–Kier alpha value is -1.14. The number of sulfonamides is 1. The van der Waals surface area contributed by atoms with Gasteiger partial charge in [-0.25, -0.2) is 0 Å². The van der Waals surface area contributed by atoms with E-state index in [0.29, 0.717) is 5.84 Å². The van der Waals surface area contributed by atoms with Gasteiger partial charge in [0.1, 0.15) is 5.84 Å². The summed E-state index contributed by atoms with van der Waals surface area (Å²) in [5.74, 6) is 0.694. The van der Waals surface area contributed by atoms with Gasteiger partial charge in [0.15, 0.2) is 0 Å². The van der Waals surface area contributed by atoms with Crippen molar-refractivity contribution in [3.05, 3.63) is 29.8 Å². The van der Waals surface area contributed by atoms with Gasteiger partial charge in [-0.2, -0.15) is 8.42 Å². The zero-order chi connectivity index (χ0) is 18.7. The molecule has 0 amide bonds. The van der Waals surface area contributed by atoms with Gasteiger partial charge in [-0.1, -0.05) is 37.3 Å². The van der Waals surface area contributed by atoms with Crippen molar-refractivity contribution in [2.45, 2.75) is 77.3 Å². The Bertz CT molecular complexity index is 664. The summed E-state index contributed by atoms with van der Waals surface area (Å²) in [6.45, 7) is 17.0. The molecule has 0 fully saturated rings. The number of hydrogen-bond acceptors (Lipinski definition) is 2. The SMILES string of the molecule is Cc1ccc(S(=O)(=O)/N=C(/C[Si](C)(C)C)N(C(C)C)C(C)C)cc1. The van der Waals surface area contributed by atoms with E-state index in [2.05, 4.69) is 56.6 Å². The molecule has 0 saturated carbocycles. The second kappa shape index (κ2) is 7.83. The molecule has 1 rings (SSSR count). The normalized spacial score (nSPS) is 13.7. The lowest BCUT2D eigenvalue weighted by atomic mass is 10.2. The molecule has 0 bridgehead atoms. The van der Waals surface area contributed by atoms with E-state index in [0.717, 1.165) is 11.6 Å². The number of amidine groups is 1. The van der Waals surface area contributed by atoms with Crippen molar-refractivity contribution >= 4 is 23.9 Å². The molecule has 0 aromatic heterocycles. The Morgan fingerprint density at radius 3 is 1.88 bits per heavy atom. The highest BCUT2D eigenvalue weighted by Gasteiger charge is 2.27. The Balaban J connectivity index is 3.41. The van der Waals surface area contributed by atoms with Crippen molar-refractivity contribution in [3.63, 3.8) is 0 Å². The van der Waals surface area contributed by atoms with E-state index in [1.165, 1.54) is 0 Å². The Kier molecular flexibility index (Phi) is 6.81. The third-order valence-corrected chi connectivity index (χ3v) is 6.34. The molecule has 0 radical (unpaired) electrons. The van der Waals surface area contributed by atoms with Gasteiger partial charge >= 0.3 is 0 Å². The van der Waals surface area contributed by atoms with Gasteiger partial charge in [-0.3, -0.25) is 0 Å². The van der Waals surface area contributed by atoms with Crippen molar-refractivity contribution in [1.29, 1.82) is 0 Å². The van der Waals surface area contributed by atoms with Gasteiger partial charge in [-0.15, -0.1) is 4.40 Å². The van der Waals surface area contributed by atoms with E-state index in [1.54, 1.807) is 12.1 Å². The van der Waals surface area contributed by atoms with Crippen LogP contribution in [0.25, 0.3) is 0 Å². The molecule has 1 aromatic carbocycles. The van der Waals surface area contributed by atoms with Crippen LogP contribution in [0, 0.1) is 6.92 Å². The summed E-state index contributed by atoms with van der Waals surface area (Å²) in [7, 11) is -5.21. The quantitative estimate of drug-likeness (QED) is 0.421. The molecule has 1 aromatic rings. The second-order valence-corrected chi connectivity index (χ2v) is 15.2. The van der Waals surface area contributed by atoms with E-state index in [-0.39, 0.29) is 17.0 Å². The average molecular weight is 369 g/mol. The molecule has 4 nitrogen and oxygen atoms in total. The van der Waals surface area contributed by atoms with Crippen LogP contribution in [0.2, 0.25) is 25.7 Å². The van der Waals surface area contributed by atoms with Crippen LogP contribution in [0.15, 0.2) is 33.6 Å². The minimum atomic E-state index is -3.69. The molecule has 0 spiro atoms. The van der Waals surface area contributed by atoms with Gasteiger partial charge in [0.2, 0.25) is 0 Å². The molecule has 0 aliphatic rings. The summed E-state index contributed by atoms with van der Waals surface area (Å²) in [4.78, 5) is 2.39. The minimum absolute atomic E-state index is 0.202. The van der Waals surface area contributed by atoms with Crippen LogP contribution in [-0.2, 0) is 10.0 Å². The van der Waals surface area contributed by atoms with Crippen molar-refractivity contribution in [2.24, 2.45) is 4.40 Å². The highest BCUT2D eigenvalue weighted by molar-refractivity contribution is 7.90. The maximum atomic E-state index is 12.8. The molecule has 0 aliphatic heterocycles. The van der Waals surface area contributed by atoms with Crippen molar-refractivity contribution in [1.82, 2.24) is 4.90 Å². The molecular weight excluding hydrogens is 336 g/mol. The third kappa shape index (κ3) is 6.05. The molecule has 0 heterocycles. The van der Waals surface area contributed by atoms with Gasteiger partial charge in [0, 0.05) is 18.1 Å². The van der Waals surface area contributed by atoms with Crippen molar-refractivity contribution in [3.8, 4) is 0 Å². The lowest BCUT2D eigenvalue weighted by molar-refractivity contribution is 0.290. The van der Waals surface area contributed by atoms with E-state index in [9.17, 15) is 8.42 Å². The molecule has 0 N–H and O–H groups in total. The van der Waals surface area contributed by atoms with Crippen LogP contribution in [0.5, 0.6) is 0 Å². The standard InChI is InChI=1S/C18H32N2O2SSi/c1-14(2)20(15(3)4)18(13-24(6,7)8)19-23(21,22)17-11-9-16(5)10-12-17/h9-12,14-15H,13H2,1-8H3/b19-18-. The molecular formula is C18H32N2O2SSi. The van der Waals surface area contributed by atoms with Gasteiger partial charge in [0.05, 0.1) is 13.0 Å². The molecule has 0 atom stereocenters. The number of nitrogens with zero attached hydrogens (tertiary/aromatic N) is 2. The van der Waals surface area contributed by atoms with Crippen LogP contribution >= 0.6 is 0 Å². The van der Waals surface area contributed by atoms with Gasteiger partial charge in [-0.05, 0) is 46.8 Å². The van der Waals surface area contributed by atoms with Crippen LogP contribution in [0.4, 0.5) is 0 Å². The Morgan fingerprint density at radius 1 is 1.04 bits per heavy atom. The average Bonchev–Trinajstić information content (AvgIpc) is 2.35. The summed E-state index contributed by atoms with van der Waals surface area (Å²) < 4.78 is 29.9. The molecule has 6 heteroatoms. The molecule has 0 saturated heterocycles. The largest absolute Gasteiger partial charge is 0.355 e. The van der Waals surface area contributed by atoms with Crippen LogP contribution in [0.3, 0.4) is 0 Å². The van der Waals surface area contributed by atoms with Gasteiger partial charge in [0.25, 0.3) is 10.0 Å². The number of aryl methyl sites for hydroxylation is 1. The van der Waals surface area contributed by atoms with E-state index < -0.39 is 18.1 Å². The Labute approximate surface area is 149 Å². The van der Waals surface area contributed by atoms with Gasteiger partial charge < -0.3 is 4.90 Å². The predicted octanol–water partition coefficient (Wildman–Crippen LogP) is 4.54. The third-order valence-electron chi connectivity index (χ3n) is 3.64. The summed E-state index contributed by atoms with van der Waals surface area (Å²) in [6.07, 6.45) is 0. The fourth-order valence-electron chi connectivity index (χ4n) is 2.74. The summed E-state index contributed by atoms with van der Waals surface area (Å²) in [5.41, 5.74) is 1.03. The highest BCUT2D eigenvalue weighted by Crippen LogP contribution is 2.21.